The van der Waals surface area contributed by atoms with Crippen LogP contribution in [0.5, 0.6) is 0 Å². The van der Waals surface area contributed by atoms with Gasteiger partial charge < -0.3 is 28.1 Å². The van der Waals surface area contributed by atoms with Gasteiger partial charge in [-0.1, -0.05) is 129 Å². The third-order valence-corrected chi connectivity index (χ3v) is 9.86. The molecule has 0 aliphatic carbocycles. The van der Waals surface area contributed by atoms with Crippen molar-refractivity contribution >= 4 is 20.2 Å². The van der Waals surface area contributed by atoms with Crippen molar-refractivity contribution in [1.29, 1.82) is 0 Å². The molecule has 0 aromatic rings. The molecule has 0 aliphatic heterocycles. The van der Waals surface area contributed by atoms with Crippen molar-refractivity contribution in [3.05, 3.63) is 0 Å². The molecule has 0 spiro atoms. The van der Waals surface area contributed by atoms with Crippen LogP contribution in [0.3, 0.4) is 0 Å². The van der Waals surface area contributed by atoms with E-state index < -0.39 is 37.2 Å². The molecule has 0 unspecified atom stereocenters. The van der Waals surface area contributed by atoms with E-state index in [2.05, 4.69) is 13.8 Å². The van der Waals surface area contributed by atoms with Crippen molar-refractivity contribution in [2.75, 3.05) is 64.4 Å². The van der Waals surface area contributed by atoms with E-state index in [9.17, 15) is 25.9 Å². The zero-order chi connectivity index (χ0) is 35.0. The second kappa shape index (κ2) is 38.0. The van der Waals surface area contributed by atoms with Crippen molar-refractivity contribution < 1.29 is 104 Å². The summed E-state index contributed by atoms with van der Waals surface area (Å²) in [6.45, 7) is 6.74. The Kier molecular flexibility index (Phi) is 42.6. The number of rotatable bonds is 38. The maximum atomic E-state index is 11.0. The van der Waals surface area contributed by atoms with Gasteiger partial charge in [0.15, 0.2) is 0 Å². The SMILES string of the molecule is CCCCCCCCCCCCOCC(COCCCCCCCCCCCC)(COCCCS(=O)(=O)[O-])COCCCS(=O)(=O)[O-].[Na+].[Na+]. The van der Waals surface area contributed by atoms with E-state index in [0.717, 1.165) is 25.7 Å². The van der Waals surface area contributed by atoms with Gasteiger partial charge in [0, 0.05) is 37.9 Å². The molecule has 0 atom stereocenters. The zero-order valence-electron chi connectivity index (χ0n) is 32.0. The standard InChI is InChI=1S/C35H72O10S2.2Na/c1-3-5-7-9-11-13-15-17-19-21-25-42-31-35(33-44-27-23-29-46(36,37)38,34-45-28-24-30-47(39,40)41)32-43-26-22-20-18-16-14-12-10-8-6-4-2;;/h3-34H2,1-2H3,(H,36,37,38)(H,39,40,41);;/q;2*+1/p-2. The Hall–Kier alpha value is 1.66. The first-order valence-electron chi connectivity index (χ1n) is 18.7. The van der Waals surface area contributed by atoms with E-state index in [0.29, 0.717) is 26.4 Å². The number of unbranched alkanes of at least 4 members (excludes halogenated alkanes) is 18. The topological polar surface area (TPSA) is 151 Å². The van der Waals surface area contributed by atoms with E-state index in [4.69, 9.17) is 18.9 Å². The van der Waals surface area contributed by atoms with Gasteiger partial charge in [-0.15, -0.1) is 0 Å². The second-order valence-electron chi connectivity index (χ2n) is 13.3. The smallest absolute Gasteiger partial charge is 0.748 e. The average molecular weight is 761 g/mol. The normalized spacial score (nSPS) is 12.2. The molecule has 284 valence electrons. The summed E-state index contributed by atoms with van der Waals surface area (Å²) >= 11 is 0. The van der Waals surface area contributed by atoms with Gasteiger partial charge in [0.25, 0.3) is 0 Å². The molecule has 0 saturated heterocycles. The third-order valence-electron chi connectivity index (χ3n) is 8.28. The Morgan fingerprint density at radius 3 is 0.857 bits per heavy atom. The Morgan fingerprint density at radius 1 is 0.388 bits per heavy atom. The maximum absolute atomic E-state index is 11.0. The summed E-state index contributed by atoms with van der Waals surface area (Å²) in [5.74, 6) is -0.991. The van der Waals surface area contributed by atoms with Crippen LogP contribution in [0.4, 0.5) is 0 Å². The first-order chi connectivity index (χ1) is 22.5. The predicted molar refractivity (Wildman–Crippen MR) is 188 cm³/mol. The van der Waals surface area contributed by atoms with Crippen molar-refractivity contribution in [1.82, 2.24) is 0 Å². The molecule has 0 radical (unpaired) electrons. The fraction of sp³-hybridized carbons (Fsp3) is 1.00. The van der Waals surface area contributed by atoms with E-state index in [1.54, 1.807) is 0 Å². The molecule has 10 nitrogen and oxygen atoms in total. The minimum atomic E-state index is -4.32. The largest absolute Gasteiger partial charge is 1.00 e. The molecule has 0 amide bonds. The minimum Gasteiger partial charge on any atom is -0.748 e. The van der Waals surface area contributed by atoms with E-state index in [1.165, 1.54) is 103 Å². The van der Waals surface area contributed by atoms with Crippen LogP contribution in [-0.4, -0.2) is 90.3 Å². The molecule has 49 heavy (non-hydrogen) atoms. The van der Waals surface area contributed by atoms with Crippen LogP contribution in [0.2, 0.25) is 0 Å². The zero-order valence-corrected chi connectivity index (χ0v) is 37.7. The maximum Gasteiger partial charge on any atom is 1.00 e. The molecule has 0 aromatic heterocycles. The molecule has 0 N–H and O–H groups in total. The monoisotopic (exact) mass is 760 g/mol. The van der Waals surface area contributed by atoms with Crippen molar-refractivity contribution in [3.8, 4) is 0 Å². The van der Waals surface area contributed by atoms with Gasteiger partial charge in [-0.2, -0.15) is 0 Å². The number of hydrogen-bond acceptors (Lipinski definition) is 10. The molecule has 0 aliphatic rings. The van der Waals surface area contributed by atoms with Crippen LogP contribution in [0.1, 0.15) is 155 Å². The van der Waals surface area contributed by atoms with E-state index in [-0.39, 0.29) is 98.4 Å². The van der Waals surface area contributed by atoms with Gasteiger partial charge in [-0.25, -0.2) is 16.8 Å². The van der Waals surface area contributed by atoms with Crippen molar-refractivity contribution in [3.63, 3.8) is 0 Å². The van der Waals surface area contributed by atoms with Crippen LogP contribution in [-0.2, 0) is 39.2 Å². The molecule has 14 heteroatoms. The summed E-state index contributed by atoms with van der Waals surface area (Å²) in [6, 6.07) is 0. The number of ether oxygens (including phenoxy) is 4. The first-order valence-corrected chi connectivity index (χ1v) is 21.9. The van der Waals surface area contributed by atoms with Crippen molar-refractivity contribution in [2.45, 2.75) is 155 Å². The van der Waals surface area contributed by atoms with Crippen LogP contribution >= 0.6 is 0 Å². The molecule has 0 heterocycles. The van der Waals surface area contributed by atoms with Crippen LogP contribution in [0.25, 0.3) is 0 Å². The molecule has 0 saturated carbocycles. The predicted octanol–water partition coefficient (Wildman–Crippen LogP) is 1.76. The Balaban J connectivity index is -0.0000106. The van der Waals surface area contributed by atoms with Gasteiger partial charge in [0.2, 0.25) is 0 Å². The summed E-state index contributed by atoms with van der Waals surface area (Å²) in [5.41, 5.74) is -0.705. The second-order valence-corrected chi connectivity index (χ2v) is 16.4. The van der Waals surface area contributed by atoms with E-state index >= 15 is 0 Å². The quantitative estimate of drug-likeness (QED) is 0.0518. The van der Waals surface area contributed by atoms with Gasteiger partial charge in [-0.05, 0) is 25.7 Å². The van der Waals surface area contributed by atoms with Gasteiger partial charge in [-0.3, -0.25) is 0 Å². The summed E-state index contributed by atoms with van der Waals surface area (Å²) in [4.78, 5) is 0. The fourth-order valence-electron chi connectivity index (χ4n) is 5.46. The Labute approximate surface area is 346 Å². The fourth-order valence-corrected chi connectivity index (χ4v) is 6.41. The van der Waals surface area contributed by atoms with Gasteiger partial charge in [0.05, 0.1) is 52.1 Å². The van der Waals surface area contributed by atoms with Crippen LogP contribution < -0.4 is 59.1 Å². The average Bonchev–Trinajstić information content (AvgIpc) is 3.00. The number of hydrogen-bond donors (Lipinski definition) is 0. The summed E-state index contributed by atoms with van der Waals surface area (Å²) in [6.07, 6.45) is 24.7. The van der Waals surface area contributed by atoms with Gasteiger partial charge in [0.1, 0.15) is 0 Å². The molecule has 0 aromatic carbocycles. The first kappa shape index (κ1) is 55.0. The summed E-state index contributed by atoms with van der Waals surface area (Å²) in [5, 5.41) is 0. The van der Waals surface area contributed by atoms with Gasteiger partial charge >= 0.3 is 59.1 Å². The molecular formula is C35H70Na2O10S2. The van der Waals surface area contributed by atoms with Crippen LogP contribution in [0, 0.1) is 5.41 Å². The molecular weight excluding hydrogens is 690 g/mol. The van der Waals surface area contributed by atoms with Crippen LogP contribution in [0.15, 0.2) is 0 Å². The molecule has 0 rings (SSSR count). The van der Waals surface area contributed by atoms with Crippen molar-refractivity contribution in [2.24, 2.45) is 5.41 Å². The Bertz CT molecular complexity index is 821. The third kappa shape index (κ3) is 42.3. The Morgan fingerprint density at radius 2 is 0.612 bits per heavy atom. The van der Waals surface area contributed by atoms with E-state index in [1.807, 2.05) is 0 Å². The summed E-state index contributed by atoms with van der Waals surface area (Å²) in [7, 11) is -8.64. The minimum absolute atomic E-state index is 0. The molecule has 0 fully saturated rings. The molecule has 0 bridgehead atoms. The summed E-state index contributed by atoms with van der Waals surface area (Å²) < 4.78 is 89.9.